The first-order valence-electron chi connectivity index (χ1n) is 14.4. The molecule has 10 nitrogen and oxygen atoms in total. The van der Waals surface area contributed by atoms with E-state index in [1.54, 1.807) is 0 Å². The Bertz CT molecular complexity index is 1400. The molecule has 3 aromatic carbocycles. The maximum absolute atomic E-state index is 13.8. The average molecular weight is 610 g/mol. The SMILES string of the molecule is CCOCCCNC(=O)C(c1ccccc1)N(Cc1ccccc1)C(=O)COc1ccc(S(=O)(=O)N2CCOCC2)cc1. The molecule has 43 heavy (non-hydrogen) atoms. The number of sulfonamides is 1. The molecule has 1 fully saturated rings. The summed E-state index contributed by atoms with van der Waals surface area (Å²) in [7, 11) is -3.65. The summed E-state index contributed by atoms with van der Waals surface area (Å²) in [4.78, 5) is 29.0. The maximum Gasteiger partial charge on any atom is 0.261 e. The topological polar surface area (TPSA) is 114 Å². The summed E-state index contributed by atoms with van der Waals surface area (Å²) in [6, 6.07) is 23.7. The number of benzene rings is 3. The molecule has 4 rings (SSSR count). The molecule has 1 aliphatic rings. The minimum absolute atomic E-state index is 0.143. The zero-order valence-electron chi connectivity index (χ0n) is 24.4. The Kier molecular flexibility index (Phi) is 12.1. The van der Waals surface area contributed by atoms with Crippen molar-refractivity contribution >= 4 is 21.8 Å². The second-order valence-corrected chi connectivity index (χ2v) is 11.9. The van der Waals surface area contributed by atoms with Crippen molar-refractivity contribution in [3.8, 4) is 5.75 Å². The van der Waals surface area contributed by atoms with E-state index in [1.807, 2.05) is 67.6 Å². The zero-order valence-corrected chi connectivity index (χ0v) is 25.2. The highest BCUT2D eigenvalue weighted by atomic mass is 32.2. The summed E-state index contributed by atoms with van der Waals surface area (Å²) in [5, 5.41) is 2.96. The van der Waals surface area contributed by atoms with E-state index in [1.165, 1.54) is 33.5 Å². The third-order valence-corrected chi connectivity index (χ3v) is 8.87. The maximum atomic E-state index is 13.8. The molecule has 1 saturated heterocycles. The quantitative estimate of drug-likeness (QED) is 0.263. The summed E-state index contributed by atoms with van der Waals surface area (Å²) in [6.07, 6.45) is 0.647. The molecule has 0 aromatic heterocycles. The van der Waals surface area contributed by atoms with E-state index >= 15 is 0 Å². The van der Waals surface area contributed by atoms with Crippen LogP contribution in [0.2, 0.25) is 0 Å². The highest BCUT2D eigenvalue weighted by Crippen LogP contribution is 2.25. The van der Waals surface area contributed by atoms with E-state index < -0.39 is 22.0 Å². The molecule has 2 amide bonds. The van der Waals surface area contributed by atoms with E-state index in [0.29, 0.717) is 63.8 Å². The van der Waals surface area contributed by atoms with Gasteiger partial charge in [-0.05, 0) is 48.7 Å². The van der Waals surface area contributed by atoms with Crippen molar-refractivity contribution < 1.29 is 32.2 Å². The minimum Gasteiger partial charge on any atom is -0.484 e. The molecular weight excluding hydrogens is 570 g/mol. The van der Waals surface area contributed by atoms with Crippen molar-refractivity contribution in [3.63, 3.8) is 0 Å². The molecule has 0 spiro atoms. The van der Waals surface area contributed by atoms with E-state index in [-0.39, 0.29) is 24.0 Å². The van der Waals surface area contributed by atoms with Gasteiger partial charge >= 0.3 is 0 Å². The molecule has 0 bridgehead atoms. The molecule has 11 heteroatoms. The van der Waals surface area contributed by atoms with Gasteiger partial charge in [0.05, 0.1) is 18.1 Å². The third-order valence-electron chi connectivity index (χ3n) is 6.95. The van der Waals surface area contributed by atoms with E-state index in [9.17, 15) is 18.0 Å². The fraction of sp³-hybridized carbons (Fsp3) is 0.375. The van der Waals surface area contributed by atoms with Gasteiger partial charge in [-0.15, -0.1) is 0 Å². The molecule has 0 saturated carbocycles. The summed E-state index contributed by atoms with van der Waals surface area (Å²) in [6.45, 7) is 4.62. The molecular formula is C32H39N3O7S. The van der Waals surface area contributed by atoms with Crippen LogP contribution in [0.3, 0.4) is 0 Å². The standard InChI is InChI=1S/C32H39N3O7S/c1-2-40-21-9-18-33-32(37)31(27-12-7-4-8-13-27)35(24-26-10-5-3-6-11-26)30(36)25-42-28-14-16-29(17-15-28)43(38,39)34-19-22-41-23-20-34/h3-8,10-17,31H,2,9,18-25H2,1H3,(H,33,37). The van der Waals surface area contributed by atoms with Gasteiger partial charge in [0.15, 0.2) is 6.61 Å². The van der Waals surface area contributed by atoms with Crippen LogP contribution in [0.15, 0.2) is 89.8 Å². The van der Waals surface area contributed by atoms with Gasteiger partial charge in [0, 0.05) is 39.4 Å². The number of nitrogens with one attached hydrogen (secondary N) is 1. The smallest absolute Gasteiger partial charge is 0.261 e. The first-order chi connectivity index (χ1) is 20.9. The lowest BCUT2D eigenvalue weighted by molar-refractivity contribution is -0.143. The van der Waals surface area contributed by atoms with Gasteiger partial charge in [0.2, 0.25) is 15.9 Å². The van der Waals surface area contributed by atoms with Crippen LogP contribution in [0.25, 0.3) is 0 Å². The number of morpholine rings is 1. The molecule has 1 atom stereocenters. The predicted octanol–water partition coefficient (Wildman–Crippen LogP) is 3.40. The van der Waals surface area contributed by atoms with E-state index in [4.69, 9.17) is 14.2 Å². The number of nitrogens with zero attached hydrogens (tertiary/aromatic N) is 2. The lowest BCUT2D eigenvalue weighted by atomic mass is 10.0. The predicted molar refractivity (Wildman–Crippen MR) is 162 cm³/mol. The first-order valence-corrected chi connectivity index (χ1v) is 15.9. The second kappa shape index (κ2) is 16.2. The Labute approximate surface area is 253 Å². The van der Waals surface area contributed by atoms with Gasteiger partial charge in [-0.25, -0.2) is 8.42 Å². The fourth-order valence-corrected chi connectivity index (χ4v) is 6.12. The molecule has 230 valence electrons. The van der Waals surface area contributed by atoms with Gasteiger partial charge in [0.1, 0.15) is 11.8 Å². The van der Waals surface area contributed by atoms with Crippen LogP contribution in [-0.2, 0) is 35.6 Å². The number of amides is 2. The highest BCUT2D eigenvalue weighted by molar-refractivity contribution is 7.89. The summed E-state index contributed by atoms with van der Waals surface area (Å²) in [5.41, 5.74) is 1.53. The highest BCUT2D eigenvalue weighted by Gasteiger charge is 2.32. The van der Waals surface area contributed by atoms with Crippen LogP contribution in [0.1, 0.15) is 30.5 Å². The monoisotopic (exact) mass is 609 g/mol. The summed E-state index contributed by atoms with van der Waals surface area (Å²) in [5.74, 6) is -0.359. The van der Waals surface area contributed by atoms with Crippen molar-refractivity contribution in [1.82, 2.24) is 14.5 Å². The first kappa shape index (κ1) is 32.2. The van der Waals surface area contributed by atoms with Crippen molar-refractivity contribution in [2.75, 3.05) is 52.7 Å². The van der Waals surface area contributed by atoms with Gasteiger partial charge in [0.25, 0.3) is 5.91 Å². The van der Waals surface area contributed by atoms with Gasteiger partial charge < -0.3 is 24.4 Å². The fourth-order valence-electron chi connectivity index (χ4n) is 4.71. The molecule has 1 aliphatic heterocycles. The van der Waals surface area contributed by atoms with Crippen LogP contribution in [0, 0.1) is 0 Å². The zero-order chi connectivity index (χ0) is 30.5. The Morgan fingerprint density at radius 2 is 1.60 bits per heavy atom. The van der Waals surface area contributed by atoms with Crippen molar-refractivity contribution in [1.29, 1.82) is 0 Å². The third kappa shape index (κ3) is 9.11. The summed E-state index contributed by atoms with van der Waals surface area (Å²) >= 11 is 0. The van der Waals surface area contributed by atoms with E-state index in [0.717, 1.165) is 5.56 Å². The average Bonchev–Trinajstić information content (AvgIpc) is 3.05. The minimum atomic E-state index is -3.65. The molecule has 0 aliphatic carbocycles. The van der Waals surface area contributed by atoms with Gasteiger partial charge in [-0.3, -0.25) is 9.59 Å². The van der Waals surface area contributed by atoms with Crippen LogP contribution in [0.5, 0.6) is 5.75 Å². The van der Waals surface area contributed by atoms with E-state index in [2.05, 4.69) is 5.32 Å². The van der Waals surface area contributed by atoms with Crippen molar-refractivity contribution in [3.05, 3.63) is 96.1 Å². The van der Waals surface area contributed by atoms with Crippen LogP contribution < -0.4 is 10.1 Å². The Hall–Kier alpha value is -3.77. The number of hydrogen-bond acceptors (Lipinski definition) is 7. The normalized spacial score (nSPS) is 14.5. The number of rotatable bonds is 15. The molecule has 0 radical (unpaired) electrons. The Morgan fingerprint density at radius 3 is 2.26 bits per heavy atom. The van der Waals surface area contributed by atoms with Crippen LogP contribution >= 0.6 is 0 Å². The van der Waals surface area contributed by atoms with Crippen LogP contribution in [0.4, 0.5) is 0 Å². The summed E-state index contributed by atoms with van der Waals surface area (Å²) < 4.78 is 43.8. The lowest BCUT2D eigenvalue weighted by Crippen LogP contribution is -2.45. The number of hydrogen-bond donors (Lipinski definition) is 1. The Balaban J connectivity index is 1.51. The van der Waals surface area contributed by atoms with Crippen molar-refractivity contribution in [2.45, 2.75) is 30.8 Å². The number of carbonyl (C=O) groups excluding carboxylic acids is 2. The van der Waals surface area contributed by atoms with Crippen molar-refractivity contribution in [2.24, 2.45) is 0 Å². The van der Waals surface area contributed by atoms with Crippen LogP contribution in [-0.4, -0.2) is 82.1 Å². The largest absolute Gasteiger partial charge is 0.484 e. The molecule has 1 unspecified atom stereocenters. The number of ether oxygens (including phenoxy) is 3. The molecule has 3 aromatic rings. The van der Waals surface area contributed by atoms with Gasteiger partial charge in [-0.1, -0.05) is 60.7 Å². The lowest BCUT2D eigenvalue weighted by Gasteiger charge is -2.31. The molecule has 1 heterocycles. The number of carbonyl (C=O) groups is 2. The second-order valence-electron chi connectivity index (χ2n) is 9.94. The Morgan fingerprint density at radius 1 is 0.953 bits per heavy atom. The van der Waals surface area contributed by atoms with Gasteiger partial charge in [-0.2, -0.15) is 4.31 Å². The molecule has 1 N–H and O–H groups in total.